The summed E-state index contributed by atoms with van der Waals surface area (Å²) < 4.78 is 29.0. The number of amides is 1. The number of hydrogen-bond acceptors (Lipinski definition) is 6. The van der Waals surface area contributed by atoms with E-state index < -0.39 is 18.6 Å². The maximum absolute atomic E-state index is 11.7. The van der Waals surface area contributed by atoms with Crippen molar-refractivity contribution in [3.05, 3.63) is 0 Å². The first-order valence-electron chi connectivity index (χ1n) is 8.43. The van der Waals surface area contributed by atoms with Gasteiger partial charge in [0.15, 0.2) is 5.91 Å². The van der Waals surface area contributed by atoms with E-state index in [0.717, 1.165) is 0 Å². The molecule has 0 fully saturated rings. The molecule has 0 aliphatic carbocycles. The monoisotopic (exact) mass is 367 g/mol. The van der Waals surface area contributed by atoms with Crippen LogP contribution in [0.4, 0.5) is 0 Å². The average molecular weight is 368 g/mol. The first-order valence-corrected chi connectivity index (χ1v) is 11.6. The van der Waals surface area contributed by atoms with Crippen molar-refractivity contribution in [1.82, 2.24) is 5.32 Å². The molecule has 0 heterocycles. The van der Waals surface area contributed by atoms with Gasteiger partial charge < -0.3 is 27.8 Å². The van der Waals surface area contributed by atoms with Gasteiger partial charge in [-0.2, -0.15) is 0 Å². The van der Waals surface area contributed by atoms with E-state index in [0.29, 0.717) is 32.8 Å². The van der Waals surface area contributed by atoms with Gasteiger partial charge in [-0.15, -0.1) is 0 Å². The fourth-order valence-electron chi connectivity index (χ4n) is 2.03. The predicted octanol–water partition coefficient (Wildman–Crippen LogP) is 0.909. The smallest absolute Gasteiger partial charge is 0.414 e. The summed E-state index contributed by atoms with van der Waals surface area (Å²) in [5, 5.41) is 2.92. The lowest BCUT2D eigenvalue weighted by Gasteiger charge is -2.35. The quantitative estimate of drug-likeness (QED) is 0.363. The van der Waals surface area contributed by atoms with Crippen molar-refractivity contribution < 1.29 is 27.2 Å². The first kappa shape index (κ1) is 22.7. The van der Waals surface area contributed by atoms with Crippen LogP contribution in [0.15, 0.2) is 0 Å². The van der Waals surface area contributed by atoms with Crippen LogP contribution < -0.4 is 5.32 Å². The van der Waals surface area contributed by atoms with Gasteiger partial charge in [-0.3, -0.25) is 4.79 Å². The zero-order chi connectivity index (χ0) is 17.7. The van der Waals surface area contributed by atoms with Crippen LogP contribution in [0.5, 0.6) is 0 Å². The average Bonchev–Trinajstić information content (AvgIpc) is 2.52. The largest absolute Gasteiger partial charge is 0.513 e. The fraction of sp³-hybridized carbons (Fsp3) is 0.929. The highest BCUT2D eigenvalue weighted by atomic mass is 28.4. The van der Waals surface area contributed by atoms with Gasteiger partial charge in [0.05, 0.1) is 5.67 Å². The summed E-state index contributed by atoms with van der Waals surface area (Å²) >= 11 is 0. The normalized spacial score (nSPS) is 13.9. The molecule has 0 rings (SSSR count). The number of ether oxygens (including phenoxy) is 2. The molecule has 0 spiro atoms. The number of nitrogens with one attached hydrogen (secondary N) is 1. The highest BCUT2D eigenvalue weighted by Crippen LogP contribution is 2.16. The lowest BCUT2D eigenvalue weighted by Crippen LogP contribution is -2.63. The Morgan fingerprint density at radius 1 is 1.00 bits per heavy atom. The van der Waals surface area contributed by atoms with Gasteiger partial charge in [0.1, 0.15) is 0 Å². The molecule has 0 aromatic heterocycles. The van der Waals surface area contributed by atoms with Crippen LogP contribution in [0, 0.1) is 0 Å². The molecular weight excluding hydrogens is 334 g/mol. The maximum Gasteiger partial charge on any atom is 0.513 e. The minimum Gasteiger partial charge on any atom is -0.414 e. The Morgan fingerprint density at radius 2 is 1.52 bits per heavy atom. The molecule has 23 heavy (non-hydrogen) atoms. The molecule has 0 aliphatic heterocycles. The van der Waals surface area contributed by atoms with Gasteiger partial charge in [-0.25, -0.2) is 0 Å². The maximum atomic E-state index is 11.7. The van der Waals surface area contributed by atoms with Crippen molar-refractivity contribution in [2.45, 2.75) is 59.5 Å². The summed E-state index contributed by atoms with van der Waals surface area (Å²) in [6.07, 6.45) is 0.408. The predicted molar refractivity (Wildman–Crippen MR) is 93.6 cm³/mol. The molecule has 0 aromatic rings. The van der Waals surface area contributed by atoms with E-state index >= 15 is 0 Å². The van der Waals surface area contributed by atoms with Gasteiger partial charge in [0.2, 0.25) is 15.7 Å². The second-order valence-electron chi connectivity index (χ2n) is 4.76. The van der Waals surface area contributed by atoms with Gasteiger partial charge in [-0.1, -0.05) is 6.92 Å². The number of rotatable bonds is 14. The van der Waals surface area contributed by atoms with Crippen LogP contribution in [0.1, 0.15) is 48.0 Å². The Morgan fingerprint density at radius 3 is 1.91 bits per heavy atom. The summed E-state index contributed by atoms with van der Waals surface area (Å²) in [5.74, 6) is -0.392. The Hall–Kier alpha value is -0.296. The van der Waals surface area contributed by atoms with E-state index in [1.165, 1.54) is 0 Å². The van der Waals surface area contributed by atoms with Crippen molar-refractivity contribution in [1.29, 1.82) is 0 Å². The van der Waals surface area contributed by atoms with Crippen LogP contribution >= 0.6 is 0 Å². The Balaban J connectivity index is 5.03. The molecule has 1 amide bonds. The molecule has 1 N–H and O–H groups in total. The summed E-state index contributed by atoms with van der Waals surface area (Å²) in [4.78, 5) is 11.7. The zero-order valence-electron chi connectivity index (χ0n) is 15.3. The number of carbonyl (C=O) groups is 1. The fourth-order valence-corrected chi connectivity index (χ4v) is 7.56. The first-order chi connectivity index (χ1) is 11.0. The molecule has 0 saturated carbocycles. The molecule has 0 aromatic carbocycles. The highest BCUT2D eigenvalue weighted by Gasteiger charge is 2.48. The summed E-state index contributed by atoms with van der Waals surface area (Å²) in [6.45, 7) is 13.3. The Labute approximate surface area is 143 Å². The molecule has 1 atom stereocenters. The third-order valence-corrected chi connectivity index (χ3v) is 8.65. The number of carbonyl (C=O) groups excluding carboxylic acids is 1. The highest BCUT2D eigenvalue weighted by molar-refractivity contribution is 6.67. The molecule has 7 nitrogen and oxygen atoms in total. The molecule has 0 bridgehead atoms. The van der Waals surface area contributed by atoms with Crippen LogP contribution in [0.25, 0.3) is 0 Å². The van der Waals surface area contributed by atoms with Gasteiger partial charge in [0.25, 0.3) is 0 Å². The molecule has 0 radical (unpaired) electrons. The third kappa shape index (κ3) is 8.38. The minimum absolute atomic E-state index is 0.0507. The van der Waals surface area contributed by atoms with Crippen LogP contribution in [-0.2, 0) is 27.2 Å². The lowest BCUT2D eigenvalue weighted by molar-refractivity contribution is -0.121. The topological polar surface area (TPSA) is 75.2 Å². The van der Waals surface area contributed by atoms with Crippen LogP contribution in [0.3, 0.4) is 0 Å². The second kappa shape index (κ2) is 13.0. The standard InChI is InChI=1S/C14H33NO6Si2/c1-7-13(16)15-12(6)23(19-10-4,20-11-5)21-22-14(17-8-2)18-9-3/h12,14H,7-11,22H2,1-6H3,(H,15,16). The van der Waals surface area contributed by atoms with Gasteiger partial charge in [0, 0.05) is 32.8 Å². The van der Waals surface area contributed by atoms with Crippen molar-refractivity contribution in [2.75, 3.05) is 26.4 Å². The molecule has 0 aliphatic rings. The van der Waals surface area contributed by atoms with Crippen molar-refractivity contribution in [3.8, 4) is 0 Å². The van der Waals surface area contributed by atoms with Crippen molar-refractivity contribution in [2.24, 2.45) is 0 Å². The van der Waals surface area contributed by atoms with E-state index in [1.807, 2.05) is 41.5 Å². The molecular formula is C14H33NO6Si2. The SMILES string of the molecule is CCOC(OCC)[SiH2]O[Si](OCC)(OCC)C(C)NC(=O)CC. The van der Waals surface area contributed by atoms with Crippen molar-refractivity contribution >= 4 is 24.5 Å². The minimum atomic E-state index is -3.03. The van der Waals surface area contributed by atoms with E-state index in [9.17, 15) is 4.79 Å². The van der Waals surface area contributed by atoms with Gasteiger partial charge in [-0.05, 0) is 34.6 Å². The van der Waals surface area contributed by atoms with Crippen molar-refractivity contribution in [3.63, 3.8) is 0 Å². The number of hydrogen-bond donors (Lipinski definition) is 1. The van der Waals surface area contributed by atoms with Gasteiger partial charge >= 0.3 is 8.80 Å². The second-order valence-corrected chi connectivity index (χ2v) is 9.57. The molecule has 0 saturated heterocycles. The van der Waals surface area contributed by atoms with E-state index in [4.69, 9.17) is 22.4 Å². The molecule has 9 heteroatoms. The summed E-state index contributed by atoms with van der Waals surface area (Å²) in [5.41, 5.74) is -0.314. The molecule has 138 valence electrons. The van der Waals surface area contributed by atoms with Crippen LogP contribution in [0.2, 0.25) is 0 Å². The zero-order valence-corrected chi connectivity index (χ0v) is 17.8. The summed E-state index contributed by atoms with van der Waals surface area (Å²) in [7, 11) is -4.24. The Bertz CT molecular complexity index is 310. The summed E-state index contributed by atoms with van der Waals surface area (Å²) in [6, 6.07) is 0. The van der Waals surface area contributed by atoms with E-state index in [2.05, 4.69) is 5.32 Å². The molecule has 1 unspecified atom stereocenters. The van der Waals surface area contributed by atoms with E-state index in [1.54, 1.807) is 0 Å². The third-order valence-electron chi connectivity index (χ3n) is 3.05. The van der Waals surface area contributed by atoms with E-state index in [-0.39, 0.29) is 17.5 Å². The van der Waals surface area contributed by atoms with Crippen LogP contribution in [-0.4, -0.2) is 62.5 Å². The lowest BCUT2D eigenvalue weighted by atomic mass is 10.4. The Kier molecular flexibility index (Phi) is 12.9.